The fourth-order valence-corrected chi connectivity index (χ4v) is 4.80. The average molecular weight is 478 g/mol. The van der Waals surface area contributed by atoms with Crippen LogP contribution in [0.2, 0.25) is 0 Å². The quantitative estimate of drug-likeness (QED) is 0.432. The number of rotatable bonds is 6. The summed E-state index contributed by atoms with van der Waals surface area (Å²) in [4.78, 5) is 2.19. The molecular weight excluding hydrogens is 451 g/mol. The van der Waals surface area contributed by atoms with Crippen LogP contribution in [0.4, 0.5) is 13.2 Å². The zero-order valence-corrected chi connectivity index (χ0v) is 19.3. The van der Waals surface area contributed by atoms with Crippen molar-refractivity contribution in [3.8, 4) is 11.5 Å². The second-order valence-corrected chi connectivity index (χ2v) is 9.18. The third-order valence-electron chi connectivity index (χ3n) is 6.62. The van der Waals surface area contributed by atoms with Crippen LogP contribution in [0.1, 0.15) is 35.3 Å². The Kier molecular flexibility index (Phi) is 6.39. The number of phenols is 1. The summed E-state index contributed by atoms with van der Waals surface area (Å²) in [6.45, 7) is 4.01. The molecule has 0 aromatic heterocycles. The van der Waals surface area contributed by atoms with Gasteiger partial charge in [0.1, 0.15) is 29.2 Å². The van der Waals surface area contributed by atoms with Crippen molar-refractivity contribution in [2.24, 2.45) is 5.92 Å². The maximum absolute atomic E-state index is 14.1. The number of likely N-dealkylation sites (tertiary alicyclic amines) is 1. The van der Waals surface area contributed by atoms with Gasteiger partial charge in [0, 0.05) is 48.8 Å². The number of alkyl halides is 1. The zero-order chi connectivity index (χ0) is 24.5. The Morgan fingerprint density at radius 3 is 2.40 bits per heavy atom. The summed E-state index contributed by atoms with van der Waals surface area (Å²) < 4.78 is 47.1. The third-order valence-corrected chi connectivity index (χ3v) is 6.62. The minimum absolute atomic E-state index is 0.0797. The summed E-state index contributed by atoms with van der Waals surface area (Å²) in [5.74, 6) is -0.552. The van der Waals surface area contributed by atoms with Gasteiger partial charge in [0.2, 0.25) is 0 Å². The first-order valence-corrected chi connectivity index (χ1v) is 11.6. The lowest BCUT2D eigenvalue weighted by atomic mass is 9.86. The molecule has 0 radical (unpaired) electrons. The molecule has 0 amide bonds. The van der Waals surface area contributed by atoms with E-state index in [1.54, 1.807) is 18.2 Å². The number of allylic oxidation sites excluding steroid dienone is 1. The van der Waals surface area contributed by atoms with E-state index in [4.69, 9.17) is 4.74 Å². The van der Waals surface area contributed by atoms with Crippen LogP contribution in [0.25, 0.3) is 17.2 Å². The SMILES string of the molecule is CC1=C(c2cc(F)cc(F)c2)C(c2ccc(C=CCN3CC(CF)C3)cc2)Oc2cc(O)ccc21. The number of halogens is 3. The Morgan fingerprint density at radius 2 is 1.71 bits per heavy atom. The number of hydrogen-bond donors (Lipinski definition) is 1. The van der Waals surface area contributed by atoms with Gasteiger partial charge in [-0.1, -0.05) is 36.4 Å². The molecule has 2 aliphatic heterocycles. The van der Waals surface area contributed by atoms with E-state index in [9.17, 15) is 18.3 Å². The zero-order valence-electron chi connectivity index (χ0n) is 19.3. The summed E-state index contributed by atoms with van der Waals surface area (Å²) in [5, 5.41) is 9.97. The minimum atomic E-state index is -0.656. The van der Waals surface area contributed by atoms with Gasteiger partial charge in [0.15, 0.2) is 0 Å². The van der Waals surface area contributed by atoms with E-state index in [-0.39, 0.29) is 18.3 Å². The van der Waals surface area contributed by atoms with Gasteiger partial charge in [-0.2, -0.15) is 0 Å². The molecule has 1 N–H and O–H groups in total. The Labute approximate surface area is 202 Å². The first-order valence-electron chi connectivity index (χ1n) is 11.6. The van der Waals surface area contributed by atoms with Crippen molar-refractivity contribution in [1.82, 2.24) is 4.90 Å². The molecule has 1 atom stereocenters. The summed E-state index contributed by atoms with van der Waals surface area (Å²) in [5.41, 5.74) is 4.50. The molecule has 35 heavy (non-hydrogen) atoms. The van der Waals surface area contributed by atoms with Gasteiger partial charge in [-0.15, -0.1) is 0 Å². The van der Waals surface area contributed by atoms with Crippen LogP contribution in [-0.4, -0.2) is 36.3 Å². The lowest BCUT2D eigenvalue weighted by Gasteiger charge is -2.36. The van der Waals surface area contributed by atoms with Crippen molar-refractivity contribution >= 4 is 17.2 Å². The van der Waals surface area contributed by atoms with Gasteiger partial charge in [-0.05, 0) is 53.5 Å². The van der Waals surface area contributed by atoms with Crippen LogP contribution in [0, 0.1) is 17.6 Å². The molecule has 2 heterocycles. The highest BCUT2D eigenvalue weighted by molar-refractivity contribution is 5.95. The van der Waals surface area contributed by atoms with E-state index in [0.29, 0.717) is 16.9 Å². The highest BCUT2D eigenvalue weighted by Crippen LogP contribution is 2.47. The Hall–Kier alpha value is -3.51. The highest BCUT2D eigenvalue weighted by atomic mass is 19.1. The van der Waals surface area contributed by atoms with E-state index in [1.807, 2.05) is 37.3 Å². The second-order valence-electron chi connectivity index (χ2n) is 9.18. The van der Waals surface area contributed by atoms with Crippen molar-refractivity contribution in [1.29, 1.82) is 0 Å². The Balaban J connectivity index is 1.45. The van der Waals surface area contributed by atoms with Crippen LogP contribution in [0.15, 0.2) is 66.7 Å². The fourth-order valence-electron chi connectivity index (χ4n) is 4.80. The summed E-state index contributed by atoms with van der Waals surface area (Å²) >= 11 is 0. The molecular formula is C29H26F3NO2. The van der Waals surface area contributed by atoms with Crippen molar-refractivity contribution in [3.63, 3.8) is 0 Å². The molecule has 1 saturated heterocycles. The molecule has 0 bridgehead atoms. The molecule has 0 spiro atoms. The smallest absolute Gasteiger partial charge is 0.150 e. The number of ether oxygens (including phenoxy) is 1. The minimum Gasteiger partial charge on any atom is -0.508 e. The number of phenolic OH excluding ortho intramolecular Hbond substituents is 1. The van der Waals surface area contributed by atoms with Crippen molar-refractivity contribution < 1.29 is 23.0 Å². The van der Waals surface area contributed by atoms with Gasteiger partial charge in [0.25, 0.3) is 0 Å². The molecule has 0 aliphatic carbocycles. The lowest BCUT2D eigenvalue weighted by molar-refractivity contribution is 0.0940. The summed E-state index contributed by atoms with van der Waals surface area (Å²) in [7, 11) is 0. The summed E-state index contributed by atoms with van der Waals surface area (Å²) in [6, 6.07) is 16.1. The van der Waals surface area contributed by atoms with E-state index < -0.39 is 17.7 Å². The normalized spacial score (nSPS) is 18.5. The van der Waals surface area contributed by atoms with Crippen LogP contribution < -0.4 is 4.74 Å². The third kappa shape index (κ3) is 4.84. The summed E-state index contributed by atoms with van der Waals surface area (Å²) in [6.07, 6.45) is 3.47. The fraction of sp³-hybridized carbons (Fsp3) is 0.241. The number of aromatic hydroxyl groups is 1. The van der Waals surface area contributed by atoms with Crippen molar-refractivity contribution in [2.45, 2.75) is 13.0 Å². The van der Waals surface area contributed by atoms with E-state index in [1.165, 1.54) is 12.1 Å². The maximum atomic E-state index is 14.1. The topological polar surface area (TPSA) is 32.7 Å². The molecule has 180 valence electrons. The van der Waals surface area contributed by atoms with Crippen molar-refractivity contribution in [2.75, 3.05) is 26.3 Å². The van der Waals surface area contributed by atoms with Gasteiger partial charge in [-0.25, -0.2) is 8.78 Å². The molecule has 3 aromatic carbocycles. The van der Waals surface area contributed by atoms with Gasteiger partial charge in [-0.3, -0.25) is 9.29 Å². The van der Waals surface area contributed by atoms with Gasteiger partial charge in [0.05, 0.1) is 6.67 Å². The molecule has 6 heteroatoms. The molecule has 3 nitrogen and oxygen atoms in total. The predicted molar refractivity (Wildman–Crippen MR) is 132 cm³/mol. The number of hydrogen-bond acceptors (Lipinski definition) is 3. The van der Waals surface area contributed by atoms with Crippen molar-refractivity contribution in [3.05, 3.63) is 101 Å². The van der Waals surface area contributed by atoms with Crippen LogP contribution >= 0.6 is 0 Å². The monoisotopic (exact) mass is 477 g/mol. The Morgan fingerprint density at radius 1 is 1.00 bits per heavy atom. The van der Waals surface area contributed by atoms with E-state index >= 15 is 0 Å². The molecule has 0 saturated carbocycles. The van der Waals surface area contributed by atoms with Crippen LogP contribution in [0.3, 0.4) is 0 Å². The lowest BCUT2D eigenvalue weighted by Crippen LogP contribution is -2.47. The number of fused-ring (bicyclic) bond motifs is 1. The maximum Gasteiger partial charge on any atom is 0.150 e. The van der Waals surface area contributed by atoms with Crippen LogP contribution in [0.5, 0.6) is 11.5 Å². The van der Waals surface area contributed by atoms with Gasteiger partial charge < -0.3 is 9.84 Å². The molecule has 1 fully saturated rings. The van der Waals surface area contributed by atoms with Gasteiger partial charge >= 0.3 is 0 Å². The standard InChI is InChI=1S/C29H26F3NO2/c1-18-26-9-8-25(34)14-27(26)35-29(28(18)22-11-23(31)13-24(32)12-22)21-6-4-19(5-7-21)3-2-10-33-16-20(15-30)17-33/h2-9,11-14,20,29,34H,10,15-17H2,1H3. The highest BCUT2D eigenvalue weighted by Gasteiger charge is 2.30. The molecule has 3 aromatic rings. The molecule has 5 rings (SSSR count). The molecule has 2 aliphatic rings. The average Bonchev–Trinajstić information content (AvgIpc) is 2.80. The largest absolute Gasteiger partial charge is 0.508 e. The Bertz CT molecular complexity index is 1270. The number of nitrogens with zero attached hydrogens (tertiary/aromatic N) is 1. The van der Waals surface area contributed by atoms with E-state index in [0.717, 1.165) is 48.0 Å². The number of benzene rings is 3. The first kappa shape index (κ1) is 23.2. The predicted octanol–water partition coefficient (Wildman–Crippen LogP) is 6.65. The first-order chi connectivity index (χ1) is 16.9. The van der Waals surface area contributed by atoms with E-state index in [2.05, 4.69) is 11.0 Å². The second kappa shape index (κ2) is 9.62. The molecule has 1 unspecified atom stereocenters. The van der Waals surface area contributed by atoms with Crippen LogP contribution in [-0.2, 0) is 0 Å².